The van der Waals surface area contributed by atoms with Crippen LogP contribution in [0.5, 0.6) is 0 Å². The Morgan fingerprint density at radius 3 is 2.62 bits per heavy atom. The van der Waals surface area contributed by atoms with Crippen LogP contribution in [-0.4, -0.2) is 53.7 Å². The number of aliphatic hydroxyl groups is 1. The van der Waals surface area contributed by atoms with Gasteiger partial charge in [-0.3, -0.25) is 4.79 Å². The number of carbonyl (C=O) groups is 1. The van der Waals surface area contributed by atoms with Crippen molar-refractivity contribution in [2.75, 3.05) is 26.2 Å². The van der Waals surface area contributed by atoms with Crippen molar-refractivity contribution in [2.24, 2.45) is 11.7 Å². The Morgan fingerprint density at radius 1 is 1.38 bits per heavy atom. The summed E-state index contributed by atoms with van der Waals surface area (Å²) in [7, 11) is 0. The van der Waals surface area contributed by atoms with Crippen molar-refractivity contribution >= 4 is 5.91 Å². The highest BCUT2D eigenvalue weighted by atomic mass is 16.3. The first-order valence-electron chi connectivity index (χ1n) is 9.01. The molecule has 1 aromatic rings. The number of amides is 1. The highest BCUT2D eigenvalue weighted by Crippen LogP contribution is 2.25. The second-order valence-electron chi connectivity index (χ2n) is 7.47. The summed E-state index contributed by atoms with van der Waals surface area (Å²) < 4.78 is 0. The second kappa shape index (κ2) is 7.21. The van der Waals surface area contributed by atoms with Gasteiger partial charge in [0.05, 0.1) is 0 Å². The zero-order valence-electron chi connectivity index (χ0n) is 14.5. The topological polar surface area (TPSA) is 78.6 Å². The van der Waals surface area contributed by atoms with E-state index in [-0.39, 0.29) is 5.91 Å². The molecule has 0 saturated carbocycles. The summed E-state index contributed by atoms with van der Waals surface area (Å²) in [6.45, 7) is 4.71. The number of aryl methyl sites for hydroxylation is 1. The van der Waals surface area contributed by atoms with Gasteiger partial charge in [-0.15, -0.1) is 0 Å². The van der Waals surface area contributed by atoms with Crippen molar-refractivity contribution < 1.29 is 9.90 Å². The number of likely N-dealkylation sites (tertiary alicyclic amines) is 1. The summed E-state index contributed by atoms with van der Waals surface area (Å²) >= 11 is 0. The van der Waals surface area contributed by atoms with Gasteiger partial charge in [0.15, 0.2) is 0 Å². The van der Waals surface area contributed by atoms with E-state index in [0.29, 0.717) is 18.9 Å². The van der Waals surface area contributed by atoms with Crippen LogP contribution in [0.15, 0.2) is 24.3 Å². The summed E-state index contributed by atoms with van der Waals surface area (Å²) in [6, 6.07) is 7.89. The molecule has 2 unspecified atom stereocenters. The van der Waals surface area contributed by atoms with Gasteiger partial charge < -0.3 is 21.1 Å². The average Bonchev–Trinajstić information content (AvgIpc) is 3.04. The van der Waals surface area contributed by atoms with Gasteiger partial charge in [-0.25, -0.2) is 0 Å². The van der Waals surface area contributed by atoms with E-state index in [2.05, 4.69) is 36.5 Å². The Labute approximate surface area is 144 Å². The Balaban J connectivity index is 1.51. The van der Waals surface area contributed by atoms with Crippen LogP contribution in [0.2, 0.25) is 0 Å². The lowest BCUT2D eigenvalue weighted by Crippen LogP contribution is -2.59. The molecular weight excluding hydrogens is 302 g/mol. The molecule has 2 aliphatic heterocycles. The highest BCUT2D eigenvalue weighted by molar-refractivity contribution is 5.83. The van der Waals surface area contributed by atoms with E-state index in [0.717, 1.165) is 38.9 Å². The lowest BCUT2D eigenvalue weighted by Gasteiger charge is -2.37. The average molecular weight is 331 g/mol. The van der Waals surface area contributed by atoms with E-state index >= 15 is 0 Å². The zero-order chi connectivity index (χ0) is 17.2. The van der Waals surface area contributed by atoms with Crippen LogP contribution in [0.4, 0.5) is 0 Å². The van der Waals surface area contributed by atoms with E-state index < -0.39 is 11.6 Å². The number of nitrogens with zero attached hydrogens (tertiary/aromatic N) is 1. The molecule has 3 rings (SSSR count). The summed E-state index contributed by atoms with van der Waals surface area (Å²) in [4.78, 5) is 14.4. The SMILES string of the molecule is Cc1ccc(CC2CCN(C(=O)C(N)C3(O)CCNC3)CC2)cc1. The maximum atomic E-state index is 12.6. The molecule has 5 heteroatoms. The highest BCUT2D eigenvalue weighted by Gasteiger charge is 2.43. The fourth-order valence-corrected chi connectivity index (χ4v) is 3.81. The fourth-order valence-electron chi connectivity index (χ4n) is 3.81. The van der Waals surface area contributed by atoms with E-state index in [9.17, 15) is 9.90 Å². The van der Waals surface area contributed by atoms with Crippen LogP contribution < -0.4 is 11.1 Å². The first-order chi connectivity index (χ1) is 11.5. The molecule has 24 heavy (non-hydrogen) atoms. The van der Waals surface area contributed by atoms with E-state index in [1.165, 1.54) is 11.1 Å². The van der Waals surface area contributed by atoms with Gasteiger partial charge in [-0.1, -0.05) is 29.8 Å². The molecule has 2 fully saturated rings. The predicted molar refractivity (Wildman–Crippen MR) is 94.6 cm³/mol. The quantitative estimate of drug-likeness (QED) is 0.763. The van der Waals surface area contributed by atoms with Crippen molar-refractivity contribution in [1.29, 1.82) is 0 Å². The molecule has 0 spiro atoms. The third-order valence-electron chi connectivity index (χ3n) is 5.58. The third-order valence-corrected chi connectivity index (χ3v) is 5.58. The number of carbonyl (C=O) groups excluding carboxylic acids is 1. The zero-order valence-corrected chi connectivity index (χ0v) is 14.5. The number of benzene rings is 1. The van der Waals surface area contributed by atoms with Crippen molar-refractivity contribution in [3.8, 4) is 0 Å². The Morgan fingerprint density at radius 2 is 2.04 bits per heavy atom. The van der Waals surface area contributed by atoms with Crippen LogP contribution in [0.3, 0.4) is 0 Å². The van der Waals surface area contributed by atoms with E-state index in [1.54, 1.807) is 0 Å². The van der Waals surface area contributed by atoms with Crippen LogP contribution >= 0.6 is 0 Å². The molecule has 132 valence electrons. The minimum Gasteiger partial charge on any atom is -0.386 e. The largest absolute Gasteiger partial charge is 0.386 e. The lowest BCUT2D eigenvalue weighted by atomic mass is 9.88. The monoisotopic (exact) mass is 331 g/mol. The summed E-state index contributed by atoms with van der Waals surface area (Å²) in [5, 5.41) is 13.6. The molecule has 1 aromatic carbocycles. The van der Waals surface area contributed by atoms with Crippen LogP contribution in [0.25, 0.3) is 0 Å². The van der Waals surface area contributed by atoms with Crippen molar-refractivity contribution in [3.05, 3.63) is 35.4 Å². The Hall–Kier alpha value is -1.43. The molecule has 4 N–H and O–H groups in total. The molecule has 0 radical (unpaired) electrons. The smallest absolute Gasteiger partial charge is 0.242 e. The van der Waals surface area contributed by atoms with Crippen LogP contribution in [-0.2, 0) is 11.2 Å². The molecule has 2 heterocycles. The molecule has 0 bridgehead atoms. The molecule has 5 nitrogen and oxygen atoms in total. The molecule has 0 aromatic heterocycles. The van der Waals surface area contributed by atoms with E-state index in [4.69, 9.17) is 5.73 Å². The maximum absolute atomic E-state index is 12.6. The molecule has 2 saturated heterocycles. The van der Waals surface area contributed by atoms with Gasteiger partial charge in [-0.2, -0.15) is 0 Å². The number of β-amino-alcohol motifs (C(OH)–C–C–N with tert-alkyl or cyclic N) is 1. The van der Waals surface area contributed by atoms with Gasteiger partial charge in [0, 0.05) is 19.6 Å². The van der Waals surface area contributed by atoms with Crippen molar-refractivity contribution in [1.82, 2.24) is 10.2 Å². The normalized spacial score (nSPS) is 26.5. The summed E-state index contributed by atoms with van der Waals surface area (Å²) in [5.41, 5.74) is 7.64. The Bertz CT molecular complexity index is 558. The number of nitrogens with one attached hydrogen (secondary N) is 1. The first-order valence-corrected chi connectivity index (χ1v) is 9.01. The van der Waals surface area contributed by atoms with Crippen LogP contribution in [0.1, 0.15) is 30.4 Å². The van der Waals surface area contributed by atoms with Gasteiger partial charge in [-0.05, 0) is 50.6 Å². The molecule has 0 aliphatic carbocycles. The fraction of sp³-hybridized carbons (Fsp3) is 0.632. The Kier molecular flexibility index (Phi) is 5.23. The van der Waals surface area contributed by atoms with Gasteiger partial charge in [0.1, 0.15) is 11.6 Å². The minimum absolute atomic E-state index is 0.102. The third kappa shape index (κ3) is 3.79. The maximum Gasteiger partial charge on any atom is 0.242 e. The first kappa shape index (κ1) is 17.4. The number of rotatable bonds is 4. The van der Waals surface area contributed by atoms with Gasteiger partial charge in [0.2, 0.25) is 5.91 Å². The standard InChI is InChI=1S/C19H29N3O2/c1-14-2-4-15(5-3-14)12-16-6-10-22(11-7-16)18(23)17(20)19(24)8-9-21-13-19/h2-5,16-17,21,24H,6-13,20H2,1H3. The molecular formula is C19H29N3O2. The second-order valence-corrected chi connectivity index (χ2v) is 7.47. The number of piperidine rings is 1. The number of hydrogen-bond donors (Lipinski definition) is 3. The molecule has 2 aliphatic rings. The predicted octanol–water partition coefficient (Wildman–Crippen LogP) is 0.828. The summed E-state index contributed by atoms with van der Waals surface area (Å²) in [5.74, 6) is 0.513. The molecule has 2 atom stereocenters. The lowest BCUT2D eigenvalue weighted by molar-refractivity contribution is -0.139. The van der Waals surface area contributed by atoms with Gasteiger partial charge >= 0.3 is 0 Å². The van der Waals surface area contributed by atoms with Gasteiger partial charge in [0.25, 0.3) is 0 Å². The van der Waals surface area contributed by atoms with Crippen LogP contribution in [0, 0.1) is 12.8 Å². The van der Waals surface area contributed by atoms with E-state index in [1.807, 2.05) is 4.90 Å². The number of hydrogen-bond acceptors (Lipinski definition) is 4. The van der Waals surface area contributed by atoms with Crippen molar-refractivity contribution in [2.45, 2.75) is 44.2 Å². The van der Waals surface area contributed by atoms with Crippen molar-refractivity contribution in [3.63, 3.8) is 0 Å². The summed E-state index contributed by atoms with van der Waals surface area (Å²) in [6.07, 6.45) is 3.62. The number of nitrogens with two attached hydrogens (primary N) is 1. The minimum atomic E-state index is -1.09. The molecule has 1 amide bonds.